The molecule has 3 saturated heterocycles. The van der Waals surface area contributed by atoms with Crippen molar-refractivity contribution in [2.24, 2.45) is 5.92 Å². The lowest BCUT2D eigenvalue weighted by Gasteiger charge is -2.28. The van der Waals surface area contributed by atoms with Gasteiger partial charge in [0.1, 0.15) is 17.7 Å². The van der Waals surface area contributed by atoms with Crippen LogP contribution in [0.1, 0.15) is 70.8 Å². The van der Waals surface area contributed by atoms with Crippen molar-refractivity contribution < 1.29 is 36.0 Å². The molecule has 2 bridgehead atoms. The van der Waals surface area contributed by atoms with E-state index in [2.05, 4.69) is 14.5 Å². The number of ether oxygens (including phenoxy) is 1. The Hall–Kier alpha value is -2.45. The molecule has 3 fully saturated rings. The van der Waals surface area contributed by atoms with E-state index in [1.807, 2.05) is 6.92 Å². The number of hydrogen-bond acceptors (Lipinski definition) is 9. The molecule has 0 aromatic carbocycles. The van der Waals surface area contributed by atoms with Gasteiger partial charge in [0, 0.05) is 13.1 Å². The molecule has 14 heteroatoms. The molecule has 0 saturated carbocycles. The van der Waals surface area contributed by atoms with Crippen LogP contribution in [0.25, 0.3) is 0 Å². The Morgan fingerprint density at radius 2 is 1.81 bits per heavy atom. The average Bonchev–Trinajstić information content (AvgIpc) is 3.34. The highest BCUT2D eigenvalue weighted by Gasteiger charge is 2.49. The summed E-state index contributed by atoms with van der Waals surface area (Å²) >= 11 is 0. The van der Waals surface area contributed by atoms with Crippen LogP contribution >= 0.6 is 0 Å². The summed E-state index contributed by atoms with van der Waals surface area (Å²) < 4.78 is 46.9. The maximum atomic E-state index is 12.7. The van der Waals surface area contributed by atoms with Crippen LogP contribution in [0.3, 0.4) is 0 Å². The van der Waals surface area contributed by atoms with Crippen LogP contribution in [0.2, 0.25) is 0 Å². The van der Waals surface area contributed by atoms with E-state index in [1.54, 1.807) is 25.7 Å². The lowest BCUT2D eigenvalue weighted by molar-refractivity contribution is -0.0317. The Balaban J connectivity index is 1.51. The number of hydroxylamine groups is 2. The van der Waals surface area contributed by atoms with Crippen molar-refractivity contribution in [3.63, 3.8) is 0 Å². The highest BCUT2D eigenvalue weighted by molar-refractivity contribution is 7.80. The van der Waals surface area contributed by atoms with Crippen molar-refractivity contribution in [1.29, 1.82) is 0 Å². The molecule has 0 unspecified atom stereocenters. The molecular weight excluding hydrogens is 446 g/mol. The van der Waals surface area contributed by atoms with Gasteiger partial charge in [-0.1, -0.05) is 6.92 Å². The third kappa shape index (κ3) is 4.52. The SMILES string of the molecule is C[C@@H]1C[C@H](c2nnc([C@@H]3CC[C@@H]4CN3C(=O)N4OS(=O)(=O)O)o2)N(C(=O)OC(C)(C)C)C1. The summed E-state index contributed by atoms with van der Waals surface area (Å²) in [6.07, 6.45) is 1.04. The normalized spacial score (nSPS) is 28.5. The van der Waals surface area contributed by atoms with Gasteiger partial charge in [-0.25, -0.2) is 9.59 Å². The number of urea groups is 1. The Bertz CT molecular complexity index is 1010. The first-order valence-corrected chi connectivity index (χ1v) is 11.8. The van der Waals surface area contributed by atoms with Gasteiger partial charge in [0.15, 0.2) is 0 Å². The number of carbonyl (C=O) groups excluding carboxylic acids is 2. The number of amides is 3. The second-order valence-electron chi connectivity index (χ2n) is 9.48. The first-order valence-electron chi connectivity index (χ1n) is 10.4. The molecule has 4 atom stereocenters. The third-order valence-corrected chi connectivity index (χ3v) is 6.01. The van der Waals surface area contributed by atoms with Crippen LogP contribution < -0.4 is 0 Å². The summed E-state index contributed by atoms with van der Waals surface area (Å²) in [5.41, 5.74) is -0.641. The summed E-state index contributed by atoms with van der Waals surface area (Å²) in [5, 5.41) is 8.91. The molecule has 3 amide bonds. The summed E-state index contributed by atoms with van der Waals surface area (Å²) in [4.78, 5) is 28.2. The standard InChI is InChI=1S/C18H27N5O8S/c1-10-7-13(22(8-10)17(25)30-18(2,3)4)15-20-19-14(29-15)12-6-5-11-9-21(12)16(24)23(11)31-32(26,27)28/h10-13H,5-9H2,1-4H3,(H,26,27,28)/t10-,11-,12+,13-/m1/s1. The van der Waals surface area contributed by atoms with Gasteiger partial charge in [0.05, 0.1) is 6.04 Å². The molecule has 13 nitrogen and oxygen atoms in total. The smallest absolute Gasteiger partial charge is 0.418 e. The van der Waals surface area contributed by atoms with Gasteiger partial charge in [-0.3, -0.25) is 9.45 Å². The maximum absolute atomic E-state index is 12.7. The second kappa shape index (κ2) is 7.85. The molecule has 178 valence electrons. The zero-order valence-electron chi connectivity index (χ0n) is 18.3. The molecule has 3 aliphatic rings. The molecule has 4 heterocycles. The minimum Gasteiger partial charge on any atom is -0.444 e. The molecular formula is C18H27N5O8S. The first-order chi connectivity index (χ1) is 14.8. The lowest BCUT2D eigenvalue weighted by atomic mass is 10.0. The van der Waals surface area contributed by atoms with Gasteiger partial charge in [-0.15, -0.1) is 14.5 Å². The molecule has 3 aliphatic heterocycles. The van der Waals surface area contributed by atoms with Gasteiger partial charge in [0.25, 0.3) is 0 Å². The van der Waals surface area contributed by atoms with Crippen LogP contribution in [0.5, 0.6) is 0 Å². The number of rotatable bonds is 4. The summed E-state index contributed by atoms with van der Waals surface area (Å²) in [5.74, 6) is 0.670. The van der Waals surface area contributed by atoms with Gasteiger partial charge < -0.3 is 14.1 Å². The fourth-order valence-corrected chi connectivity index (χ4v) is 4.79. The number of likely N-dealkylation sites (tertiary alicyclic amines) is 1. The largest absolute Gasteiger partial charge is 0.444 e. The van der Waals surface area contributed by atoms with Crippen molar-refractivity contribution in [3.05, 3.63) is 11.8 Å². The monoisotopic (exact) mass is 473 g/mol. The third-order valence-electron chi connectivity index (χ3n) is 5.66. The predicted molar refractivity (Wildman–Crippen MR) is 106 cm³/mol. The molecule has 0 spiro atoms. The summed E-state index contributed by atoms with van der Waals surface area (Å²) in [6.45, 7) is 8.09. The van der Waals surface area contributed by atoms with E-state index in [0.717, 1.165) is 0 Å². The number of nitrogens with zero attached hydrogens (tertiary/aromatic N) is 5. The Morgan fingerprint density at radius 1 is 1.16 bits per heavy atom. The number of carbonyl (C=O) groups is 2. The Kier molecular flexibility index (Phi) is 5.57. The Morgan fingerprint density at radius 3 is 2.44 bits per heavy atom. The van der Waals surface area contributed by atoms with E-state index in [9.17, 15) is 18.0 Å². The zero-order chi connectivity index (χ0) is 23.4. The van der Waals surface area contributed by atoms with Gasteiger partial charge in [-0.2, -0.15) is 13.5 Å². The number of fused-ring (bicyclic) bond motifs is 2. The molecule has 1 N–H and O–H groups in total. The fraction of sp³-hybridized carbons (Fsp3) is 0.778. The van der Waals surface area contributed by atoms with Crippen LogP contribution in [0, 0.1) is 5.92 Å². The highest BCUT2D eigenvalue weighted by Crippen LogP contribution is 2.40. The van der Waals surface area contributed by atoms with Gasteiger partial charge >= 0.3 is 22.5 Å². The maximum Gasteiger partial charge on any atom is 0.418 e. The number of hydrogen-bond donors (Lipinski definition) is 1. The topological polar surface area (TPSA) is 156 Å². The fourth-order valence-electron chi connectivity index (χ4n) is 4.41. The van der Waals surface area contributed by atoms with Gasteiger partial charge in [0.2, 0.25) is 11.8 Å². The lowest BCUT2D eigenvalue weighted by Crippen LogP contribution is -2.36. The van der Waals surface area contributed by atoms with E-state index >= 15 is 0 Å². The predicted octanol–water partition coefficient (Wildman–Crippen LogP) is 2.06. The van der Waals surface area contributed by atoms with E-state index in [1.165, 1.54) is 4.90 Å². The highest BCUT2D eigenvalue weighted by atomic mass is 32.3. The molecule has 32 heavy (non-hydrogen) atoms. The van der Waals surface area contributed by atoms with Crippen LogP contribution in [0.15, 0.2) is 4.42 Å². The molecule has 1 aromatic rings. The Labute approximate surface area is 185 Å². The van der Waals surface area contributed by atoms with Crippen LogP contribution in [0.4, 0.5) is 9.59 Å². The second-order valence-corrected chi connectivity index (χ2v) is 10.5. The summed E-state index contributed by atoms with van der Waals surface area (Å²) in [6, 6.07) is -2.23. The quantitative estimate of drug-likeness (QED) is 0.642. The summed E-state index contributed by atoms with van der Waals surface area (Å²) in [7, 11) is -4.82. The van der Waals surface area contributed by atoms with E-state index in [0.29, 0.717) is 30.9 Å². The van der Waals surface area contributed by atoms with E-state index < -0.39 is 46.2 Å². The van der Waals surface area contributed by atoms with E-state index in [4.69, 9.17) is 13.7 Å². The zero-order valence-corrected chi connectivity index (χ0v) is 19.1. The van der Waals surface area contributed by atoms with Crippen molar-refractivity contribution in [1.82, 2.24) is 25.1 Å². The molecule has 4 rings (SSSR count). The number of aromatic nitrogens is 2. The van der Waals surface area contributed by atoms with Crippen molar-refractivity contribution in [3.8, 4) is 0 Å². The van der Waals surface area contributed by atoms with E-state index in [-0.39, 0.29) is 24.2 Å². The average molecular weight is 474 g/mol. The van der Waals surface area contributed by atoms with Crippen LogP contribution in [-0.4, -0.2) is 74.9 Å². The van der Waals surface area contributed by atoms with Crippen molar-refractivity contribution >= 4 is 22.5 Å². The minimum atomic E-state index is -4.82. The minimum absolute atomic E-state index is 0.196. The number of piperidine rings is 1. The molecule has 0 radical (unpaired) electrons. The van der Waals surface area contributed by atoms with Crippen molar-refractivity contribution in [2.45, 2.75) is 70.7 Å². The molecule has 0 aliphatic carbocycles. The van der Waals surface area contributed by atoms with Gasteiger partial charge in [-0.05, 0) is 46.0 Å². The van der Waals surface area contributed by atoms with Crippen molar-refractivity contribution in [2.75, 3.05) is 13.1 Å². The first kappa shape index (κ1) is 22.7. The van der Waals surface area contributed by atoms with Crippen LogP contribution in [-0.2, 0) is 19.4 Å². The molecule has 1 aromatic heterocycles.